The minimum Gasteiger partial charge on any atom is -0.366 e. The largest absolute Gasteiger partial charge is 0.395 e. The Morgan fingerprint density at radius 2 is 2.12 bits per heavy atom. The lowest BCUT2D eigenvalue weighted by molar-refractivity contribution is -0.146. The molecule has 6 nitrogen and oxygen atoms in total. The van der Waals surface area contributed by atoms with Gasteiger partial charge in [-0.05, 0) is 18.6 Å². The van der Waals surface area contributed by atoms with E-state index in [0.29, 0.717) is 5.56 Å². The van der Waals surface area contributed by atoms with Crippen LogP contribution in [0.15, 0.2) is 18.2 Å². The van der Waals surface area contributed by atoms with Gasteiger partial charge in [0.15, 0.2) is 0 Å². The van der Waals surface area contributed by atoms with Crippen molar-refractivity contribution in [1.29, 1.82) is 0 Å². The molecule has 0 bridgehead atoms. The van der Waals surface area contributed by atoms with Crippen molar-refractivity contribution in [3.8, 4) is 0 Å². The summed E-state index contributed by atoms with van der Waals surface area (Å²) in [5.74, 6) is -1.74. The summed E-state index contributed by atoms with van der Waals surface area (Å²) in [7, 11) is 0. The molecule has 6 heteroatoms. The Balaban J connectivity index is 2.95. The summed E-state index contributed by atoms with van der Waals surface area (Å²) < 4.78 is 0. The second-order valence-corrected chi connectivity index (χ2v) is 3.00. The number of aldehydes is 1. The third-order valence-corrected chi connectivity index (χ3v) is 1.88. The van der Waals surface area contributed by atoms with Crippen LogP contribution >= 0.6 is 0 Å². The number of primary amides is 1. The van der Waals surface area contributed by atoms with E-state index in [4.69, 9.17) is 5.73 Å². The van der Waals surface area contributed by atoms with Crippen LogP contribution in [0.1, 0.15) is 15.9 Å². The van der Waals surface area contributed by atoms with Crippen molar-refractivity contribution in [3.05, 3.63) is 29.3 Å². The van der Waals surface area contributed by atoms with Gasteiger partial charge in [-0.25, -0.2) is 10.3 Å². The zero-order valence-corrected chi connectivity index (χ0v) is 8.52. The molecule has 0 heterocycles. The number of hydrogen-bond donors (Lipinski definition) is 2. The van der Waals surface area contributed by atoms with E-state index in [9.17, 15) is 14.4 Å². The standard InChI is InChI=1S/C10H10N2O4/c1-6-3-2-4-7(9(6)10(11)15)12-16-8(14)5-13/h2-5,12H,1H3,(H2,11,15). The van der Waals surface area contributed by atoms with E-state index >= 15 is 0 Å². The monoisotopic (exact) mass is 222 g/mol. The summed E-state index contributed by atoms with van der Waals surface area (Å²) in [5.41, 5.74) is 8.46. The summed E-state index contributed by atoms with van der Waals surface area (Å²) in [5, 5.41) is 0. The normalized spacial score (nSPS) is 9.31. The highest BCUT2D eigenvalue weighted by molar-refractivity contribution is 6.20. The second kappa shape index (κ2) is 4.92. The van der Waals surface area contributed by atoms with Crippen LogP contribution in [0.5, 0.6) is 0 Å². The van der Waals surface area contributed by atoms with E-state index in [1.54, 1.807) is 19.1 Å². The molecule has 0 aliphatic carbocycles. The van der Waals surface area contributed by atoms with Crippen molar-refractivity contribution in [3.63, 3.8) is 0 Å². The fraction of sp³-hybridized carbons (Fsp3) is 0.100. The topological polar surface area (TPSA) is 98.5 Å². The number of benzene rings is 1. The fourth-order valence-corrected chi connectivity index (χ4v) is 1.21. The Hall–Kier alpha value is -2.37. The van der Waals surface area contributed by atoms with Gasteiger partial charge in [0.05, 0.1) is 11.3 Å². The molecule has 0 atom stereocenters. The highest BCUT2D eigenvalue weighted by atomic mass is 16.7. The molecule has 0 spiro atoms. The van der Waals surface area contributed by atoms with Crippen molar-refractivity contribution < 1.29 is 19.2 Å². The average molecular weight is 222 g/mol. The second-order valence-electron chi connectivity index (χ2n) is 3.00. The molecule has 0 saturated carbocycles. The van der Waals surface area contributed by atoms with Crippen LogP contribution in [-0.4, -0.2) is 18.2 Å². The highest BCUT2D eigenvalue weighted by Crippen LogP contribution is 2.18. The third-order valence-electron chi connectivity index (χ3n) is 1.88. The molecule has 1 aromatic rings. The Kier molecular flexibility index (Phi) is 3.60. The van der Waals surface area contributed by atoms with Crippen molar-refractivity contribution in [2.45, 2.75) is 6.92 Å². The zero-order valence-electron chi connectivity index (χ0n) is 8.52. The summed E-state index contributed by atoms with van der Waals surface area (Å²) in [6.07, 6.45) is 0.00668. The van der Waals surface area contributed by atoms with Gasteiger partial charge >= 0.3 is 5.97 Å². The molecular weight excluding hydrogens is 212 g/mol. The smallest absolute Gasteiger partial charge is 0.366 e. The molecule has 16 heavy (non-hydrogen) atoms. The van der Waals surface area contributed by atoms with E-state index < -0.39 is 11.9 Å². The van der Waals surface area contributed by atoms with Gasteiger partial charge < -0.3 is 10.6 Å². The lowest BCUT2D eigenvalue weighted by atomic mass is 10.1. The molecule has 0 saturated heterocycles. The molecule has 1 amide bonds. The van der Waals surface area contributed by atoms with Gasteiger partial charge in [0, 0.05) is 0 Å². The first-order valence-corrected chi connectivity index (χ1v) is 4.37. The van der Waals surface area contributed by atoms with Crippen molar-refractivity contribution in [2.75, 3.05) is 5.48 Å². The Labute approximate surface area is 91.3 Å². The van der Waals surface area contributed by atoms with Gasteiger partial charge in [-0.15, -0.1) is 0 Å². The number of amides is 1. The lowest BCUT2D eigenvalue weighted by Crippen LogP contribution is -2.18. The maximum Gasteiger partial charge on any atom is 0.395 e. The first-order chi connectivity index (χ1) is 7.56. The summed E-state index contributed by atoms with van der Waals surface area (Å²) >= 11 is 0. The summed E-state index contributed by atoms with van der Waals surface area (Å²) in [6, 6.07) is 4.84. The van der Waals surface area contributed by atoms with E-state index in [1.807, 2.05) is 0 Å². The van der Waals surface area contributed by atoms with E-state index in [0.717, 1.165) is 0 Å². The number of hydrogen-bond acceptors (Lipinski definition) is 5. The first-order valence-electron chi connectivity index (χ1n) is 4.37. The molecule has 0 aliphatic rings. The molecule has 0 aromatic heterocycles. The van der Waals surface area contributed by atoms with Gasteiger partial charge in [-0.1, -0.05) is 12.1 Å². The number of nitrogens with two attached hydrogens (primary N) is 1. The Bertz CT molecular complexity index is 442. The molecular formula is C10H10N2O4. The quantitative estimate of drug-likeness (QED) is 0.429. The Morgan fingerprint density at radius 3 is 2.69 bits per heavy atom. The van der Waals surface area contributed by atoms with Crippen LogP contribution in [0.4, 0.5) is 5.69 Å². The van der Waals surface area contributed by atoms with Gasteiger partial charge in [0.25, 0.3) is 5.91 Å². The number of anilines is 1. The number of aryl methyl sites for hydroxylation is 1. The van der Waals surface area contributed by atoms with E-state index in [1.165, 1.54) is 6.07 Å². The number of rotatable bonds is 4. The number of carbonyl (C=O) groups excluding carboxylic acids is 3. The molecule has 0 aliphatic heterocycles. The van der Waals surface area contributed by atoms with Crippen LogP contribution in [0.25, 0.3) is 0 Å². The number of nitrogens with one attached hydrogen (secondary N) is 1. The minimum atomic E-state index is -1.09. The third kappa shape index (κ3) is 2.57. The first kappa shape index (κ1) is 11.7. The summed E-state index contributed by atoms with van der Waals surface area (Å²) in [4.78, 5) is 36.1. The van der Waals surface area contributed by atoms with Crippen LogP contribution in [0, 0.1) is 6.92 Å². The van der Waals surface area contributed by atoms with Crippen molar-refractivity contribution in [2.24, 2.45) is 5.73 Å². The molecule has 84 valence electrons. The van der Waals surface area contributed by atoms with Crippen LogP contribution < -0.4 is 11.2 Å². The predicted molar refractivity (Wildman–Crippen MR) is 55.5 cm³/mol. The maximum atomic E-state index is 11.1. The van der Waals surface area contributed by atoms with Crippen molar-refractivity contribution in [1.82, 2.24) is 0 Å². The van der Waals surface area contributed by atoms with Gasteiger partial charge in [0.2, 0.25) is 6.29 Å². The number of carbonyl (C=O) groups is 3. The van der Waals surface area contributed by atoms with E-state index in [2.05, 4.69) is 10.3 Å². The van der Waals surface area contributed by atoms with Crippen LogP contribution in [0.3, 0.4) is 0 Å². The van der Waals surface area contributed by atoms with Gasteiger partial charge in [0.1, 0.15) is 0 Å². The minimum absolute atomic E-state index is 0.00668. The van der Waals surface area contributed by atoms with Crippen LogP contribution in [-0.2, 0) is 14.4 Å². The highest BCUT2D eigenvalue weighted by Gasteiger charge is 2.12. The van der Waals surface area contributed by atoms with Gasteiger partial charge in [-0.3, -0.25) is 9.59 Å². The molecule has 0 fully saturated rings. The Morgan fingerprint density at radius 1 is 1.44 bits per heavy atom. The fourth-order valence-electron chi connectivity index (χ4n) is 1.21. The molecule has 1 aromatic carbocycles. The SMILES string of the molecule is Cc1cccc(NOC(=O)C=O)c1C(N)=O. The molecule has 3 N–H and O–H groups in total. The molecule has 1 rings (SSSR count). The lowest BCUT2D eigenvalue weighted by Gasteiger charge is -2.10. The van der Waals surface area contributed by atoms with Gasteiger partial charge in [-0.2, -0.15) is 0 Å². The van der Waals surface area contributed by atoms with E-state index in [-0.39, 0.29) is 17.5 Å². The zero-order chi connectivity index (χ0) is 12.1. The summed E-state index contributed by atoms with van der Waals surface area (Å²) in [6.45, 7) is 1.69. The van der Waals surface area contributed by atoms with Crippen LogP contribution in [0.2, 0.25) is 0 Å². The molecule has 0 radical (unpaired) electrons. The predicted octanol–water partition coefficient (Wildman–Crippen LogP) is 0.163. The molecule has 0 unspecified atom stereocenters. The average Bonchev–Trinajstić information content (AvgIpc) is 2.25. The maximum absolute atomic E-state index is 11.1. The van der Waals surface area contributed by atoms with Crippen molar-refractivity contribution >= 4 is 23.9 Å².